The number of aromatic nitrogens is 2. The van der Waals surface area contributed by atoms with E-state index in [1.165, 1.54) is 12.8 Å². The number of nitrogens with two attached hydrogens (primary N) is 1. The summed E-state index contributed by atoms with van der Waals surface area (Å²) in [6.07, 6.45) is 2.40. The molecule has 3 rings (SSSR count). The fraction of sp³-hybridized carbons (Fsp3) is 0.286. The number of halogens is 1. The Labute approximate surface area is 120 Å². The van der Waals surface area contributed by atoms with Gasteiger partial charge in [0.15, 0.2) is 0 Å². The van der Waals surface area contributed by atoms with E-state index >= 15 is 0 Å². The van der Waals surface area contributed by atoms with Crippen molar-refractivity contribution >= 4 is 27.7 Å². The lowest BCUT2D eigenvalue weighted by Gasteiger charge is -2.16. The summed E-state index contributed by atoms with van der Waals surface area (Å²) in [6.45, 7) is 2.03. The molecule has 0 saturated carbocycles. The van der Waals surface area contributed by atoms with Crippen molar-refractivity contribution in [2.75, 3.05) is 23.7 Å². The van der Waals surface area contributed by atoms with E-state index in [-0.39, 0.29) is 0 Å². The highest BCUT2D eigenvalue weighted by Gasteiger charge is 2.16. The van der Waals surface area contributed by atoms with Crippen LogP contribution in [0.25, 0.3) is 11.3 Å². The van der Waals surface area contributed by atoms with Crippen LogP contribution in [0.1, 0.15) is 12.8 Å². The number of anilines is 2. The molecule has 98 valence electrons. The van der Waals surface area contributed by atoms with Crippen LogP contribution in [-0.2, 0) is 0 Å². The van der Waals surface area contributed by atoms with Crippen LogP contribution in [0, 0.1) is 0 Å². The van der Waals surface area contributed by atoms with Gasteiger partial charge in [0, 0.05) is 29.2 Å². The van der Waals surface area contributed by atoms with Crippen LogP contribution in [0.4, 0.5) is 11.8 Å². The minimum atomic E-state index is 0.520. The van der Waals surface area contributed by atoms with Gasteiger partial charge in [-0.25, -0.2) is 4.98 Å². The fourth-order valence-corrected chi connectivity index (χ4v) is 2.71. The van der Waals surface area contributed by atoms with Gasteiger partial charge in [-0.3, -0.25) is 0 Å². The zero-order valence-electron chi connectivity index (χ0n) is 10.5. The third-order valence-electron chi connectivity index (χ3n) is 3.24. The summed E-state index contributed by atoms with van der Waals surface area (Å²) in [4.78, 5) is 11.2. The molecule has 1 fully saturated rings. The van der Waals surface area contributed by atoms with E-state index in [0.29, 0.717) is 5.82 Å². The van der Waals surface area contributed by atoms with Crippen molar-refractivity contribution in [2.45, 2.75) is 12.8 Å². The number of benzene rings is 1. The lowest BCUT2D eigenvalue weighted by Crippen LogP contribution is -2.21. The van der Waals surface area contributed by atoms with Crippen molar-refractivity contribution < 1.29 is 0 Å². The molecule has 1 aromatic carbocycles. The van der Waals surface area contributed by atoms with E-state index in [0.717, 1.165) is 34.8 Å². The van der Waals surface area contributed by atoms with Crippen molar-refractivity contribution in [3.05, 3.63) is 34.8 Å². The Kier molecular flexibility index (Phi) is 3.38. The molecule has 0 amide bonds. The molecule has 2 N–H and O–H groups in total. The maximum Gasteiger partial charge on any atom is 0.227 e. The second-order valence-corrected chi connectivity index (χ2v) is 5.60. The normalized spacial score (nSPS) is 14.9. The summed E-state index contributed by atoms with van der Waals surface area (Å²) >= 11 is 3.48. The van der Waals surface area contributed by atoms with E-state index in [4.69, 9.17) is 5.73 Å². The predicted molar refractivity (Wildman–Crippen MR) is 81.0 cm³/mol. The highest BCUT2D eigenvalue weighted by molar-refractivity contribution is 9.10. The molecule has 2 aromatic rings. The molecule has 2 heterocycles. The summed E-state index contributed by atoms with van der Waals surface area (Å²) in [5.74, 6) is 1.26. The SMILES string of the molecule is Nc1cc(-c2cccc(Br)c2)nc(N2CCCC2)n1. The molecule has 0 spiro atoms. The average Bonchev–Trinajstić information content (AvgIpc) is 2.92. The summed E-state index contributed by atoms with van der Waals surface area (Å²) in [5.41, 5.74) is 7.83. The molecule has 1 aliphatic heterocycles. The molecule has 0 bridgehead atoms. The molecule has 5 heteroatoms. The highest BCUT2D eigenvalue weighted by Crippen LogP contribution is 2.25. The maximum atomic E-state index is 5.91. The quantitative estimate of drug-likeness (QED) is 0.924. The van der Waals surface area contributed by atoms with Crippen molar-refractivity contribution in [3.8, 4) is 11.3 Å². The minimum Gasteiger partial charge on any atom is -0.384 e. The molecule has 4 nitrogen and oxygen atoms in total. The van der Waals surface area contributed by atoms with Crippen LogP contribution in [0.3, 0.4) is 0 Å². The van der Waals surface area contributed by atoms with E-state index in [2.05, 4.69) is 30.8 Å². The maximum absolute atomic E-state index is 5.91. The topological polar surface area (TPSA) is 55.0 Å². The van der Waals surface area contributed by atoms with Crippen LogP contribution in [-0.4, -0.2) is 23.1 Å². The first-order chi connectivity index (χ1) is 9.22. The van der Waals surface area contributed by atoms with Gasteiger partial charge < -0.3 is 10.6 Å². The zero-order chi connectivity index (χ0) is 13.2. The Morgan fingerprint density at radius 2 is 1.89 bits per heavy atom. The molecule has 19 heavy (non-hydrogen) atoms. The lowest BCUT2D eigenvalue weighted by molar-refractivity contribution is 0.902. The smallest absolute Gasteiger partial charge is 0.227 e. The average molecular weight is 319 g/mol. The van der Waals surface area contributed by atoms with Crippen LogP contribution < -0.4 is 10.6 Å². The molecule has 0 radical (unpaired) electrons. The second kappa shape index (κ2) is 5.17. The Morgan fingerprint density at radius 1 is 1.11 bits per heavy atom. The first kappa shape index (κ1) is 12.4. The van der Waals surface area contributed by atoms with Gasteiger partial charge in [-0.1, -0.05) is 28.1 Å². The molecule has 0 atom stereocenters. The molecule has 0 aliphatic carbocycles. The number of hydrogen-bond acceptors (Lipinski definition) is 4. The van der Waals surface area contributed by atoms with Crippen LogP contribution in [0.5, 0.6) is 0 Å². The van der Waals surface area contributed by atoms with Crippen LogP contribution in [0.2, 0.25) is 0 Å². The van der Waals surface area contributed by atoms with Crippen molar-refractivity contribution in [3.63, 3.8) is 0 Å². The second-order valence-electron chi connectivity index (χ2n) is 4.68. The first-order valence-corrected chi connectivity index (χ1v) is 7.17. The van der Waals surface area contributed by atoms with Crippen molar-refractivity contribution in [1.82, 2.24) is 9.97 Å². The lowest BCUT2D eigenvalue weighted by atomic mass is 10.1. The summed E-state index contributed by atoms with van der Waals surface area (Å²) in [5, 5.41) is 0. The first-order valence-electron chi connectivity index (χ1n) is 6.38. The third-order valence-corrected chi connectivity index (χ3v) is 3.74. The van der Waals surface area contributed by atoms with Crippen molar-refractivity contribution in [2.24, 2.45) is 0 Å². The Morgan fingerprint density at radius 3 is 2.63 bits per heavy atom. The van der Waals surface area contributed by atoms with Gasteiger partial charge in [0.05, 0.1) is 5.69 Å². The largest absolute Gasteiger partial charge is 0.384 e. The van der Waals surface area contributed by atoms with Gasteiger partial charge in [-0.05, 0) is 25.0 Å². The van der Waals surface area contributed by atoms with E-state index in [1.807, 2.05) is 30.3 Å². The number of hydrogen-bond donors (Lipinski definition) is 1. The monoisotopic (exact) mass is 318 g/mol. The Bertz CT molecular complexity index is 594. The molecular formula is C14H15BrN4. The van der Waals surface area contributed by atoms with Gasteiger partial charge >= 0.3 is 0 Å². The van der Waals surface area contributed by atoms with E-state index in [9.17, 15) is 0 Å². The van der Waals surface area contributed by atoms with Gasteiger partial charge in [0.1, 0.15) is 5.82 Å². The molecule has 1 saturated heterocycles. The summed E-state index contributed by atoms with van der Waals surface area (Å²) < 4.78 is 1.03. The predicted octanol–water partition coefficient (Wildman–Crippen LogP) is 3.09. The van der Waals surface area contributed by atoms with E-state index < -0.39 is 0 Å². The van der Waals surface area contributed by atoms with E-state index in [1.54, 1.807) is 0 Å². The summed E-state index contributed by atoms with van der Waals surface area (Å²) in [7, 11) is 0. The Hall–Kier alpha value is -1.62. The van der Waals surface area contributed by atoms with Crippen molar-refractivity contribution in [1.29, 1.82) is 0 Å². The zero-order valence-corrected chi connectivity index (χ0v) is 12.1. The number of nitrogens with zero attached hydrogens (tertiary/aromatic N) is 3. The third kappa shape index (κ3) is 2.71. The number of nitrogen functional groups attached to an aromatic ring is 1. The van der Waals surface area contributed by atoms with Gasteiger partial charge in [0.25, 0.3) is 0 Å². The molecule has 0 unspecified atom stereocenters. The fourth-order valence-electron chi connectivity index (χ4n) is 2.31. The van der Waals surface area contributed by atoms with Crippen LogP contribution >= 0.6 is 15.9 Å². The summed E-state index contributed by atoms with van der Waals surface area (Å²) in [6, 6.07) is 9.87. The van der Waals surface area contributed by atoms with Gasteiger partial charge in [0.2, 0.25) is 5.95 Å². The van der Waals surface area contributed by atoms with Crippen LogP contribution in [0.15, 0.2) is 34.8 Å². The molecular weight excluding hydrogens is 304 g/mol. The van der Waals surface area contributed by atoms with Gasteiger partial charge in [-0.2, -0.15) is 4.98 Å². The molecule has 1 aliphatic rings. The minimum absolute atomic E-state index is 0.520. The molecule has 1 aromatic heterocycles. The number of rotatable bonds is 2. The standard InChI is InChI=1S/C14H15BrN4/c15-11-5-3-4-10(8-11)12-9-13(16)18-14(17-12)19-6-1-2-7-19/h3-5,8-9H,1-2,6-7H2,(H2,16,17,18). The van der Waals surface area contributed by atoms with Gasteiger partial charge in [-0.15, -0.1) is 0 Å². The Balaban J connectivity index is 2.01. The highest BCUT2D eigenvalue weighted by atomic mass is 79.9.